The maximum atomic E-state index is 12.9. The van der Waals surface area contributed by atoms with Gasteiger partial charge in [0.05, 0.1) is 0 Å². The van der Waals surface area contributed by atoms with Crippen LogP contribution >= 0.6 is 27.7 Å². The van der Waals surface area contributed by atoms with Crippen molar-refractivity contribution in [3.63, 3.8) is 0 Å². The van der Waals surface area contributed by atoms with Crippen LogP contribution in [0.1, 0.15) is 38.1 Å². The maximum Gasteiger partial charge on any atom is 0.355 e. The Morgan fingerprint density at radius 2 is 1.93 bits per heavy atom. The number of carbonyl (C=O) groups excluding carboxylic acids is 3. The fourth-order valence-electron chi connectivity index (χ4n) is 3.08. The highest BCUT2D eigenvalue weighted by molar-refractivity contribution is 9.09. The van der Waals surface area contributed by atoms with E-state index >= 15 is 0 Å². The fraction of sp³-hybridized carbons (Fsp3) is 0.450. The summed E-state index contributed by atoms with van der Waals surface area (Å²) in [5.74, 6) is -0.539. The number of hydrogen-bond acceptors (Lipinski definition) is 5. The van der Waals surface area contributed by atoms with E-state index in [1.54, 1.807) is 45.0 Å². The minimum Gasteiger partial charge on any atom is -0.455 e. The van der Waals surface area contributed by atoms with Gasteiger partial charge < -0.3 is 10.1 Å². The lowest BCUT2D eigenvalue weighted by molar-refractivity contribution is -0.158. The number of nitrogens with one attached hydrogen (secondary N) is 1. The van der Waals surface area contributed by atoms with Gasteiger partial charge in [-0.15, -0.1) is 11.8 Å². The van der Waals surface area contributed by atoms with E-state index < -0.39 is 17.6 Å². The van der Waals surface area contributed by atoms with Crippen LogP contribution in [0.4, 0.5) is 0 Å². The Balaban J connectivity index is 1.82. The fourth-order valence-corrected chi connectivity index (χ4v) is 5.14. The molecule has 0 radical (unpaired) electrons. The number of fused-ring (bicyclic) bond motifs is 1. The molecule has 8 heteroatoms. The molecule has 0 saturated carbocycles. The van der Waals surface area contributed by atoms with E-state index in [0.29, 0.717) is 17.0 Å². The average molecular weight is 467 g/mol. The van der Waals surface area contributed by atoms with Crippen LogP contribution in [0.25, 0.3) is 0 Å². The molecule has 3 rings (SSSR count). The van der Waals surface area contributed by atoms with Gasteiger partial charge in [0.25, 0.3) is 11.8 Å². The number of amides is 2. The van der Waals surface area contributed by atoms with Crippen molar-refractivity contribution in [1.29, 1.82) is 0 Å². The summed E-state index contributed by atoms with van der Waals surface area (Å²) in [7, 11) is 0. The molecule has 6 nitrogen and oxygen atoms in total. The number of nitrogens with zero attached hydrogens (tertiary/aromatic N) is 1. The second-order valence-corrected chi connectivity index (χ2v) is 10.2. The molecule has 3 unspecified atom stereocenters. The largest absolute Gasteiger partial charge is 0.455 e. The van der Waals surface area contributed by atoms with Crippen molar-refractivity contribution >= 4 is 45.5 Å². The van der Waals surface area contributed by atoms with Gasteiger partial charge >= 0.3 is 5.97 Å². The van der Waals surface area contributed by atoms with E-state index in [1.165, 1.54) is 16.7 Å². The molecule has 2 heterocycles. The maximum absolute atomic E-state index is 12.9. The van der Waals surface area contributed by atoms with Gasteiger partial charge in [-0.05, 0) is 45.4 Å². The zero-order chi connectivity index (χ0) is 20.6. The summed E-state index contributed by atoms with van der Waals surface area (Å²) in [6.07, 6.45) is 0. The van der Waals surface area contributed by atoms with E-state index in [0.717, 1.165) is 5.57 Å². The van der Waals surface area contributed by atoms with Gasteiger partial charge in [-0.1, -0.05) is 34.1 Å². The van der Waals surface area contributed by atoms with Gasteiger partial charge in [0.2, 0.25) is 0 Å². The number of thioether (sulfide) groups is 1. The molecule has 28 heavy (non-hydrogen) atoms. The number of carbonyl (C=O) groups is 3. The van der Waals surface area contributed by atoms with Crippen molar-refractivity contribution in [3.8, 4) is 0 Å². The Hall–Kier alpha value is -1.80. The number of rotatable bonds is 4. The molecule has 1 fully saturated rings. The first-order valence-electron chi connectivity index (χ1n) is 9.01. The van der Waals surface area contributed by atoms with Crippen molar-refractivity contribution in [2.45, 2.75) is 49.5 Å². The van der Waals surface area contributed by atoms with Crippen LogP contribution in [0.15, 0.2) is 41.6 Å². The van der Waals surface area contributed by atoms with Crippen LogP contribution in [-0.2, 0) is 14.3 Å². The van der Waals surface area contributed by atoms with Crippen LogP contribution in [0.2, 0.25) is 0 Å². The Labute approximate surface area is 177 Å². The lowest BCUT2D eigenvalue weighted by Gasteiger charge is -2.50. The number of hydrogen-bond donors (Lipinski definition) is 1. The Morgan fingerprint density at radius 1 is 1.29 bits per heavy atom. The van der Waals surface area contributed by atoms with E-state index in [2.05, 4.69) is 21.2 Å². The first-order chi connectivity index (χ1) is 13.1. The first-order valence-corrected chi connectivity index (χ1v) is 11.0. The molecule has 1 aromatic rings. The van der Waals surface area contributed by atoms with E-state index in [4.69, 9.17) is 4.74 Å². The van der Waals surface area contributed by atoms with E-state index in [-0.39, 0.29) is 22.0 Å². The monoisotopic (exact) mass is 466 g/mol. The topological polar surface area (TPSA) is 75.7 Å². The first kappa shape index (κ1) is 20.9. The molecular weight excluding hydrogens is 444 g/mol. The number of ether oxygens (including phenoxy) is 1. The summed E-state index contributed by atoms with van der Waals surface area (Å²) >= 11 is 5.05. The summed E-state index contributed by atoms with van der Waals surface area (Å²) in [6, 6.07) is 8.09. The molecule has 0 aliphatic carbocycles. The zero-order valence-corrected chi connectivity index (χ0v) is 18.6. The summed E-state index contributed by atoms with van der Waals surface area (Å²) in [4.78, 5) is 39.5. The van der Waals surface area contributed by atoms with Crippen molar-refractivity contribution in [2.75, 3.05) is 5.75 Å². The van der Waals surface area contributed by atoms with Crippen molar-refractivity contribution in [3.05, 3.63) is 47.2 Å². The average Bonchev–Trinajstić information content (AvgIpc) is 2.63. The zero-order valence-electron chi connectivity index (χ0n) is 16.2. The van der Waals surface area contributed by atoms with Gasteiger partial charge in [-0.2, -0.15) is 0 Å². The van der Waals surface area contributed by atoms with Crippen molar-refractivity contribution in [2.24, 2.45) is 0 Å². The third-order valence-electron chi connectivity index (χ3n) is 4.39. The minimum absolute atomic E-state index is 0.0748. The predicted octanol–water partition coefficient (Wildman–Crippen LogP) is 3.08. The number of benzene rings is 1. The summed E-state index contributed by atoms with van der Waals surface area (Å²) in [5.41, 5.74) is 0.932. The standard InChI is InChI=1S/C20H23BrN2O4S/c1-11(21)13-10-28-18-14(22-16(24)12-8-6-5-7-9-12)17(25)23(18)15(13)19(26)27-20(2,3)4/h5-9,11,14,18H,10H2,1-4H3,(H,22,24). The highest BCUT2D eigenvalue weighted by atomic mass is 79.9. The van der Waals surface area contributed by atoms with Crippen LogP contribution < -0.4 is 5.32 Å². The van der Waals surface area contributed by atoms with E-state index in [9.17, 15) is 14.4 Å². The third kappa shape index (κ3) is 4.12. The Bertz CT molecular complexity index is 832. The molecule has 1 aromatic carbocycles. The molecule has 0 bridgehead atoms. The van der Waals surface area contributed by atoms with Gasteiger partial charge in [-0.25, -0.2) is 4.79 Å². The van der Waals surface area contributed by atoms with Crippen LogP contribution in [0.3, 0.4) is 0 Å². The highest BCUT2D eigenvalue weighted by Gasteiger charge is 2.55. The third-order valence-corrected chi connectivity index (χ3v) is 6.25. The van der Waals surface area contributed by atoms with E-state index in [1.807, 2.05) is 13.0 Å². The Morgan fingerprint density at radius 3 is 2.50 bits per heavy atom. The highest BCUT2D eigenvalue weighted by Crippen LogP contribution is 2.42. The van der Waals surface area contributed by atoms with Gasteiger partial charge in [0, 0.05) is 16.1 Å². The molecule has 2 amide bonds. The second kappa shape index (κ2) is 7.91. The summed E-state index contributed by atoms with van der Waals surface area (Å²) in [5, 5.41) is 2.47. The molecule has 0 spiro atoms. The SMILES string of the molecule is CC(Br)C1=C(C(=O)OC(C)(C)C)N2C(=O)C(NC(=O)c3ccccc3)C2SC1. The van der Waals surface area contributed by atoms with Crippen molar-refractivity contribution < 1.29 is 19.1 Å². The lowest BCUT2D eigenvalue weighted by Crippen LogP contribution is -2.70. The van der Waals surface area contributed by atoms with Crippen LogP contribution in [-0.4, -0.2) is 50.3 Å². The van der Waals surface area contributed by atoms with Crippen LogP contribution in [0.5, 0.6) is 0 Å². The smallest absolute Gasteiger partial charge is 0.355 e. The Kier molecular flexibility index (Phi) is 5.91. The number of halogens is 1. The number of β-lactam (4-membered cyclic amide) rings is 1. The molecular formula is C20H23BrN2O4S. The molecule has 150 valence electrons. The molecule has 3 atom stereocenters. The lowest BCUT2D eigenvalue weighted by atomic mass is 10.0. The molecule has 2 aliphatic heterocycles. The minimum atomic E-state index is -0.667. The van der Waals surface area contributed by atoms with Crippen molar-refractivity contribution in [1.82, 2.24) is 10.2 Å². The molecule has 0 aromatic heterocycles. The van der Waals surface area contributed by atoms with Gasteiger partial charge in [0.1, 0.15) is 22.7 Å². The molecule has 2 aliphatic rings. The van der Waals surface area contributed by atoms with Crippen LogP contribution in [0, 0.1) is 0 Å². The number of esters is 1. The quantitative estimate of drug-likeness (QED) is 0.419. The molecule has 1 N–H and O–H groups in total. The summed E-state index contributed by atoms with van der Waals surface area (Å²) < 4.78 is 5.54. The summed E-state index contributed by atoms with van der Waals surface area (Å²) in [6.45, 7) is 7.29. The number of alkyl halides is 1. The second-order valence-electron chi connectivity index (χ2n) is 7.72. The van der Waals surface area contributed by atoms with Gasteiger partial charge in [-0.3, -0.25) is 14.5 Å². The predicted molar refractivity (Wildman–Crippen MR) is 112 cm³/mol. The normalized spacial score (nSPS) is 22.9. The molecule has 1 saturated heterocycles. The van der Waals surface area contributed by atoms with Gasteiger partial charge in [0.15, 0.2) is 0 Å².